The van der Waals surface area contributed by atoms with Gasteiger partial charge in [0.2, 0.25) is 11.7 Å². The van der Waals surface area contributed by atoms with Crippen molar-refractivity contribution in [2.24, 2.45) is 5.92 Å². The molecule has 0 fully saturated rings. The molecule has 0 aliphatic heterocycles. The number of benzene rings is 2. The van der Waals surface area contributed by atoms with Crippen LogP contribution in [0.5, 0.6) is 5.75 Å². The lowest BCUT2D eigenvalue weighted by atomic mass is 9.96. The molecule has 0 bridgehead atoms. The van der Waals surface area contributed by atoms with Gasteiger partial charge in [-0.15, -0.1) is 0 Å². The van der Waals surface area contributed by atoms with E-state index in [0.29, 0.717) is 29.9 Å². The van der Waals surface area contributed by atoms with E-state index in [1.54, 1.807) is 12.1 Å². The summed E-state index contributed by atoms with van der Waals surface area (Å²) in [5, 5.41) is 7.39. The van der Waals surface area contributed by atoms with Crippen LogP contribution in [0.3, 0.4) is 0 Å². The number of hydrogen-bond acceptors (Lipinski definition) is 5. The van der Waals surface area contributed by atoms with Crippen molar-refractivity contribution in [3.8, 4) is 5.75 Å². The van der Waals surface area contributed by atoms with Gasteiger partial charge >= 0.3 is 0 Å². The van der Waals surface area contributed by atoms with Gasteiger partial charge in [-0.2, -0.15) is 4.98 Å². The lowest BCUT2D eigenvalue weighted by Crippen LogP contribution is -2.25. The fraction of sp³-hybridized carbons (Fsp3) is 0.300. The Kier molecular flexibility index (Phi) is 5.96. The van der Waals surface area contributed by atoms with Gasteiger partial charge in [0.05, 0.1) is 6.54 Å². The number of hydrogen-bond donors (Lipinski definition) is 1. The third-order valence-electron chi connectivity index (χ3n) is 3.99. The van der Waals surface area contributed by atoms with Gasteiger partial charge < -0.3 is 14.6 Å². The van der Waals surface area contributed by atoms with Crippen LogP contribution in [0.4, 0.5) is 4.39 Å². The minimum Gasteiger partial charge on any atom is -0.485 e. The van der Waals surface area contributed by atoms with Gasteiger partial charge in [-0.05, 0) is 35.7 Å². The Morgan fingerprint density at radius 1 is 1.08 bits per heavy atom. The average molecular weight is 355 g/mol. The van der Waals surface area contributed by atoms with E-state index in [-0.39, 0.29) is 18.5 Å². The molecule has 0 radical (unpaired) electrons. The molecular formula is C20H22FN3O2. The lowest BCUT2D eigenvalue weighted by molar-refractivity contribution is 0.283. The molecule has 1 unspecified atom stereocenters. The van der Waals surface area contributed by atoms with Crippen molar-refractivity contribution in [1.82, 2.24) is 15.5 Å². The second-order valence-corrected chi connectivity index (χ2v) is 6.36. The summed E-state index contributed by atoms with van der Waals surface area (Å²) in [6.45, 7) is 4.98. The SMILES string of the molecule is CC(C)C(NCc1nc(COc2ccc(F)cc2)no1)c1ccccc1. The van der Waals surface area contributed by atoms with Gasteiger partial charge in [0, 0.05) is 6.04 Å². The minimum atomic E-state index is -0.302. The van der Waals surface area contributed by atoms with E-state index in [1.807, 2.05) is 18.2 Å². The van der Waals surface area contributed by atoms with Crippen LogP contribution >= 0.6 is 0 Å². The third kappa shape index (κ3) is 4.89. The van der Waals surface area contributed by atoms with Crippen LogP contribution in [0.25, 0.3) is 0 Å². The quantitative estimate of drug-likeness (QED) is 0.654. The fourth-order valence-corrected chi connectivity index (χ4v) is 2.70. The molecule has 0 aliphatic carbocycles. The lowest BCUT2D eigenvalue weighted by Gasteiger charge is -2.22. The van der Waals surface area contributed by atoms with Crippen molar-refractivity contribution in [2.45, 2.75) is 33.0 Å². The predicted molar refractivity (Wildman–Crippen MR) is 95.9 cm³/mol. The molecule has 5 nitrogen and oxygen atoms in total. The molecule has 6 heteroatoms. The molecule has 1 N–H and O–H groups in total. The van der Waals surface area contributed by atoms with Crippen molar-refractivity contribution in [3.63, 3.8) is 0 Å². The Morgan fingerprint density at radius 3 is 2.50 bits per heavy atom. The van der Waals surface area contributed by atoms with E-state index < -0.39 is 0 Å². The molecule has 1 aromatic heterocycles. The number of ether oxygens (including phenoxy) is 1. The van der Waals surface area contributed by atoms with Gasteiger partial charge in [-0.1, -0.05) is 49.3 Å². The van der Waals surface area contributed by atoms with Crippen molar-refractivity contribution in [3.05, 3.63) is 77.7 Å². The second-order valence-electron chi connectivity index (χ2n) is 6.36. The van der Waals surface area contributed by atoms with E-state index in [1.165, 1.54) is 17.7 Å². The van der Waals surface area contributed by atoms with E-state index in [4.69, 9.17) is 9.26 Å². The highest BCUT2D eigenvalue weighted by Crippen LogP contribution is 2.21. The van der Waals surface area contributed by atoms with Crippen LogP contribution in [0, 0.1) is 11.7 Å². The standard InChI is InChI=1S/C20H22FN3O2/c1-14(2)20(15-6-4-3-5-7-15)22-12-19-23-18(24-26-19)13-25-17-10-8-16(21)9-11-17/h3-11,14,20,22H,12-13H2,1-2H3. The Balaban J connectivity index is 1.55. The summed E-state index contributed by atoms with van der Waals surface area (Å²) in [6, 6.07) is 16.3. The Labute approximate surface area is 152 Å². The Hall–Kier alpha value is -2.73. The summed E-state index contributed by atoms with van der Waals surface area (Å²) in [5.41, 5.74) is 1.22. The normalized spacial score (nSPS) is 12.3. The zero-order valence-electron chi connectivity index (χ0n) is 14.9. The Bertz CT molecular complexity index is 803. The molecule has 136 valence electrons. The molecule has 1 heterocycles. The molecule has 1 atom stereocenters. The van der Waals surface area contributed by atoms with Gasteiger partial charge in [-0.25, -0.2) is 4.39 Å². The van der Waals surface area contributed by atoms with Gasteiger partial charge in [0.15, 0.2) is 6.61 Å². The van der Waals surface area contributed by atoms with Gasteiger partial charge in [-0.3, -0.25) is 0 Å². The number of rotatable bonds is 8. The summed E-state index contributed by atoms with van der Waals surface area (Å²) < 4.78 is 23.7. The number of nitrogens with zero attached hydrogens (tertiary/aromatic N) is 2. The topological polar surface area (TPSA) is 60.2 Å². The molecule has 2 aromatic carbocycles. The summed E-state index contributed by atoms with van der Waals surface area (Å²) in [6.07, 6.45) is 0. The van der Waals surface area contributed by atoms with E-state index in [9.17, 15) is 4.39 Å². The van der Waals surface area contributed by atoms with E-state index >= 15 is 0 Å². The van der Waals surface area contributed by atoms with Crippen LogP contribution in [-0.4, -0.2) is 10.1 Å². The molecule has 0 spiro atoms. The molecular weight excluding hydrogens is 333 g/mol. The van der Waals surface area contributed by atoms with E-state index in [0.717, 1.165) is 0 Å². The highest BCUT2D eigenvalue weighted by Gasteiger charge is 2.16. The maximum Gasteiger partial charge on any atom is 0.240 e. The molecule has 3 rings (SSSR count). The van der Waals surface area contributed by atoms with Crippen LogP contribution in [0.1, 0.15) is 37.2 Å². The fourth-order valence-electron chi connectivity index (χ4n) is 2.70. The first-order valence-electron chi connectivity index (χ1n) is 8.60. The predicted octanol–water partition coefficient (Wildman–Crippen LogP) is 4.27. The van der Waals surface area contributed by atoms with Crippen LogP contribution in [0.15, 0.2) is 59.1 Å². The number of halogens is 1. The average Bonchev–Trinajstić information content (AvgIpc) is 3.10. The first-order valence-corrected chi connectivity index (χ1v) is 8.60. The van der Waals surface area contributed by atoms with Crippen LogP contribution in [0.2, 0.25) is 0 Å². The van der Waals surface area contributed by atoms with Crippen molar-refractivity contribution >= 4 is 0 Å². The first-order chi connectivity index (χ1) is 12.6. The van der Waals surface area contributed by atoms with Gasteiger partial charge in [0.1, 0.15) is 11.6 Å². The molecule has 0 aliphatic rings. The molecule has 0 saturated carbocycles. The van der Waals surface area contributed by atoms with Crippen molar-refractivity contribution < 1.29 is 13.7 Å². The summed E-state index contributed by atoms with van der Waals surface area (Å²) in [5.74, 6) is 1.63. The molecule has 26 heavy (non-hydrogen) atoms. The maximum absolute atomic E-state index is 12.9. The smallest absolute Gasteiger partial charge is 0.240 e. The van der Waals surface area contributed by atoms with Crippen LogP contribution in [-0.2, 0) is 13.2 Å². The van der Waals surface area contributed by atoms with E-state index in [2.05, 4.69) is 41.4 Å². The summed E-state index contributed by atoms with van der Waals surface area (Å²) in [7, 11) is 0. The first kappa shape index (κ1) is 18.1. The summed E-state index contributed by atoms with van der Waals surface area (Å²) >= 11 is 0. The van der Waals surface area contributed by atoms with Crippen molar-refractivity contribution in [1.29, 1.82) is 0 Å². The Morgan fingerprint density at radius 2 is 1.81 bits per heavy atom. The highest BCUT2D eigenvalue weighted by atomic mass is 19.1. The van der Waals surface area contributed by atoms with Crippen molar-refractivity contribution in [2.75, 3.05) is 0 Å². The highest BCUT2D eigenvalue weighted by molar-refractivity contribution is 5.22. The zero-order chi connectivity index (χ0) is 18.4. The molecule has 3 aromatic rings. The second kappa shape index (κ2) is 8.58. The number of aromatic nitrogens is 2. The number of nitrogens with one attached hydrogen (secondary N) is 1. The summed E-state index contributed by atoms with van der Waals surface area (Å²) in [4.78, 5) is 4.33. The van der Waals surface area contributed by atoms with Crippen LogP contribution < -0.4 is 10.1 Å². The largest absolute Gasteiger partial charge is 0.485 e. The molecule has 0 saturated heterocycles. The minimum absolute atomic E-state index is 0.168. The monoisotopic (exact) mass is 355 g/mol. The zero-order valence-corrected chi connectivity index (χ0v) is 14.9. The van der Waals surface area contributed by atoms with Gasteiger partial charge in [0.25, 0.3) is 0 Å². The third-order valence-corrected chi connectivity index (χ3v) is 3.99. The molecule has 0 amide bonds. The maximum atomic E-state index is 12.9.